The summed E-state index contributed by atoms with van der Waals surface area (Å²) in [6.45, 7) is 3.27. The first kappa shape index (κ1) is 41.7. The Bertz CT molecular complexity index is 1780. The van der Waals surface area contributed by atoms with E-state index in [9.17, 15) is 14.7 Å². The van der Waals surface area contributed by atoms with E-state index >= 15 is 0 Å². The molecule has 3 aromatic rings. The number of ketones is 2. The lowest BCUT2D eigenvalue weighted by Gasteiger charge is -2.30. The van der Waals surface area contributed by atoms with Gasteiger partial charge in [0.25, 0.3) is 0 Å². The monoisotopic (exact) mass is 746 g/mol. The molecule has 8 heteroatoms. The van der Waals surface area contributed by atoms with Gasteiger partial charge in [-0.15, -0.1) is 0 Å². The van der Waals surface area contributed by atoms with Gasteiger partial charge < -0.3 is 31.5 Å². The van der Waals surface area contributed by atoms with Crippen molar-refractivity contribution in [2.24, 2.45) is 17.6 Å². The number of unbranched alkanes of at least 4 members (excludes halogenated alkanes) is 2. The van der Waals surface area contributed by atoms with Crippen molar-refractivity contribution < 1.29 is 19.4 Å². The van der Waals surface area contributed by atoms with Crippen LogP contribution in [0, 0.1) is 11.8 Å². The zero-order valence-corrected chi connectivity index (χ0v) is 33.0. The molecule has 1 saturated heterocycles. The second-order valence-electron chi connectivity index (χ2n) is 15.3. The highest BCUT2D eigenvalue weighted by atomic mass is 16.5. The normalized spacial score (nSPS) is 16.7. The quantitative estimate of drug-likeness (QED) is 0.0410. The number of phenols is 1. The van der Waals surface area contributed by atoms with Crippen LogP contribution >= 0.6 is 0 Å². The molecular formula is C47H62N4O4. The van der Waals surface area contributed by atoms with Gasteiger partial charge in [0, 0.05) is 12.6 Å². The molecule has 8 nitrogen and oxygen atoms in total. The van der Waals surface area contributed by atoms with Crippen LogP contribution in [0.4, 0.5) is 0 Å². The molecule has 294 valence electrons. The van der Waals surface area contributed by atoms with E-state index in [2.05, 4.69) is 76.6 Å². The summed E-state index contributed by atoms with van der Waals surface area (Å²) in [6.07, 6.45) is 18.1. The van der Waals surface area contributed by atoms with Crippen molar-refractivity contribution in [1.82, 2.24) is 16.0 Å². The molecule has 0 spiro atoms. The fourth-order valence-corrected chi connectivity index (χ4v) is 8.04. The minimum Gasteiger partial charge on any atom is -0.504 e. The Morgan fingerprint density at radius 2 is 1.65 bits per heavy atom. The molecule has 0 amide bonds. The van der Waals surface area contributed by atoms with Crippen LogP contribution in [0.2, 0.25) is 0 Å². The van der Waals surface area contributed by atoms with Gasteiger partial charge in [0.15, 0.2) is 17.3 Å². The Morgan fingerprint density at radius 1 is 0.927 bits per heavy atom. The third-order valence-corrected chi connectivity index (χ3v) is 11.2. The number of aromatic hydroxyl groups is 1. The largest absolute Gasteiger partial charge is 0.504 e. The van der Waals surface area contributed by atoms with Gasteiger partial charge in [0.1, 0.15) is 5.78 Å². The molecule has 2 unspecified atom stereocenters. The molecule has 0 aliphatic carbocycles. The van der Waals surface area contributed by atoms with Gasteiger partial charge >= 0.3 is 0 Å². The fraction of sp³-hybridized carbons (Fsp3) is 0.447. The minimum absolute atomic E-state index is 0.0189. The van der Waals surface area contributed by atoms with Gasteiger partial charge in [-0.3, -0.25) is 9.59 Å². The van der Waals surface area contributed by atoms with E-state index in [1.807, 2.05) is 13.2 Å². The molecule has 2 aliphatic rings. The predicted molar refractivity (Wildman–Crippen MR) is 224 cm³/mol. The van der Waals surface area contributed by atoms with Gasteiger partial charge in [-0.05, 0) is 160 Å². The van der Waals surface area contributed by atoms with E-state index in [1.54, 1.807) is 18.2 Å². The molecule has 2 heterocycles. The van der Waals surface area contributed by atoms with Crippen LogP contribution < -0.4 is 26.4 Å². The molecule has 2 atom stereocenters. The maximum Gasteiger partial charge on any atom is 0.163 e. The molecule has 55 heavy (non-hydrogen) atoms. The molecular weight excluding hydrogens is 685 g/mol. The first-order valence-electron chi connectivity index (χ1n) is 20.3. The maximum atomic E-state index is 13.0. The summed E-state index contributed by atoms with van der Waals surface area (Å²) >= 11 is 0. The molecule has 0 saturated carbocycles. The number of Topliss-reactive ketones (excluding diaryl/α,β-unsaturated/α-hetero) is 1. The first-order chi connectivity index (χ1) is 26.8. The summed E-state index contributed by atoms with van der Waals surface area (Å²) in [4.78, 5) is 25.7. The summed E-state index contributed by atoms with van der Waals surface area (Å²) in [5.41, 5.74) is 14.1. The molecule has 5 rings (SSSR count). The van der Waals surface area contributed by atoms with Crippen LogP contribution in [0.5, 0.6) is 11.5 Å². The van der Waals surface area contributed by atoms with Gasteiger partial charge in [-0.25, -0.2) is 0 Å². The molecule has 0 aromatic heterocycles. The standard InChI is InChI=1S/C47H62N4O4/c1-49-32-40(37-22-24-50-25-23-37)14-7-4-8-15-43(52)31-44(53)21-20-38-29-46(55-2)45(54)28-41(38)27-42-33-51-47(48)30-39(42)19-18-36-13-9-12-35(26-36)17-16-34-10-5-3-6-11-34/h3,5-6,9-13,20-21,26,28-30,33,37,40,47,49-51,54H,4,7-8,14-19,22-25,27,31-32,48H2,1-2H3. The summed E-state index contributed by atoms with van der Waals surface area (Å²) in [5.74, 6) is 1.56. The fourth-order valence-electron chi connectivity index (χ4n) is 8.04. The van der Waals surface area contributed by atoms with E-state index in [0.717, 1.165) is 92.8 Å². The van der Waals surface area contributed by atoms with Crippen molar-refractivity contribution in [2.45, 2.75) is 89.6 Å². The van der Waals surface area contributed by atoms with Crippen molar-refractivity contribution in [1.29, 1.82) is 0 Å². The highest BCUT2D eigenvalue weighted by Crippen LogP contribution is 2.34. The molecule has 1 fully saturated rings. The third kappa shape index (κ3) is 13.6. The van der Waals surface area contributed by atoms with Crippen molar-refractivity contribution in [3.8, 4) is 11.5 Å². The zero-order valence-electron chi connectivity index (χ0n) is 33.0. The van der Waals surface area contributed by atoms with E-state index in [4.69, 9.17) is 10.5 Å². The number of nitrogens with one attached hydrogen (secondary N) is 3. The lowest BCUT2D eigenvalue weighted by Crippen LogP contribution is -2.35. The van der Waals surface area contributed by atoms with E-state index in [1.165, 1.54) is 49.1 Å². The van der Waals surface area contributed by atoms with Crippen molar-refractivity contribution in [3.05, 3.63) is 124 Å². The second kappa shape index (κ2) is 22.2. The topological polar surface area (TPSA) is 126 Å². The number of carbonyl (C=O) groups is 2. The number of phenolic OH excluding ortho intramolecular Hbond substituents is 1. The molecule has 3 aromatic carbocycles. The third-order valence-electron chi connectivity index (χ3n) is 11.2. The van der Waals surface area contributed by atoms with Gasteiger partial charge in [0.05, 0.1) is 19.7 Å². The number of dihydropyridines is 1. The number of allylic oxidation sites excluding steroid dienone is 3. The number of piperidine rings is 1. The first-order valence-corrected chi connectivity index (χ1v) is 20.3. The molecule has 6 N–H and O–H groups in total. The summed E-state index contributed by atoms with van der Waals surface area (Å²) in [7, 11) is 3.54. The molecule has 2 aliphatic heterocycles. The molecule has 0 radical (unpaired) electrons. The number of benzene rings is 3. The lowest BCUT2D eigenvalue weighted by atomic mass is 9.81. The zero-order chi connectivity index (χ0) is 38.8. The number of carbonyl (C=O) groups excluding carboxylic acids is 2. The smallest absolute Gasteiger partial charge is 0.163 e. The van der Waals surface area contributed by atoms with Crippen LogP contribution in [0.1, 0.15) is 85.6 Å². The predicted octanol–water partition coefficient (Wildman–Crippen LogP) is 7.39. The number of hydrogen-bond donors (Lipinski definition) is 5. The summed E-state index contributed by atoms with van der Waals surface area (Å²) in [6, 6.07) is 22.8. The van der Waals surface area contributed by atoms with Crippen molar-refractivity contribution >= 4 is 17.6 Å². The minimum atomic E-state index is -0.288. The molecule has 0 bridgehead atoms. The van der Waals surface area contributed by atoms with Gasteiger partial charge in [-0.2, -0.15) is 0 Å². The van der Waals surface area contributed by atoms with Crippen LogP contribution in [-0.2, 0) is 35.3 Å². The number of aryl methyl sites for hydroxylation is 3. The van der Waals surface area contributed by atoms with Crippen LogP contribution in [0.15, 0.2) is 96.2 Å². The Hall–Kier alpha value is -4.50. The Labute approximate surface area is 328 Å². The number of rotatable bonds is 22. The van der Waals surface area contributed by atoms with E-state index in [0.29, 0.717) is 24.5 Å². The highest BCUT2D eigenvalue weighted by Gasteiger charge is 2.23. The summed E-state index contributed by atoms with van der Waals surface area (Å²) < 4.78 is 5.42. The number of hydrogen-bond acceptors (Lipinski definition) is 8. The SMILES string of the molecule is CNCC(CCCCCC(=O)CC(=O)C=Cc1cc(OC)c(O)cc1CC1=CNC(N)C=C1CCc1cccc(CCc2ccccc2)c1)C1CCNCC1. The number of methoxy groups -OCH3 is 1. The Balaban J connectivity index is 1.14. The average molecular weight is 747 g/mol. The Morgan fingerprint density at radius 3 is 2.40 bits per heavy atom. The highest BCUT2D eigenvalue weighted by molar-refractivity contribution is 6.06. The summed E-state index contributed by atoms with van der Waals surface area (Å²) in [5, 5.41) is 20.8. The second-order valence-corrected chi connectivity index (χ2v) is 15.3. The van der Waals surface area contributed by atoms with Crippen LogP contribution in [0.3, 0.4) is 0 Å². The average Bonchev–Trinajstić information content (AvgIpc) is 3.20. The maximum absolute atomic E-state index is 13.0. The van der Waals surface area contributed by atoms with Gasteiger partial charge in [-0.1, -0.05) is 73.5 Å². The van der Waals surface area contributed by atoms with Crippen LogP contribution in [0.25, 0.3) is 6.08 Å². The number of nitrogens with two attached hydrogens (primary N) is 1. The Kier molecular flexibility index (Phi) is 16.8. The van der Waals surface area contributed by atoms with Crippen LogP contribution in [-0.4, -0.2) is 56.6 Å². The lowest BCUT2D eigenvalue weighted by molar-refractivity contribution is -0.124. The van der Waals surface area contributed by atoms with Crippen molar-refractivity contribution in [2.75, 3.05) is 33.8 Å². The van der Waals surface area contributed by atoms with Crippen molar-refractivity contribution in [3.63, 3.8) is 0 Å². The van der Waals surface area contributed by atoms with E-state index < -0.39 is 0 Å². The number of ether oxygens (including phenoxy) is 1. The van der Waals surface area contributed by atoms with E-state index in [-0.39, 0.29) is 29.9 Å². The van der Waals surface area contributed by atoms with Gasteiger partial charge in [0.2, 0.25) is 0 Å².